The summed E-state index contributed by atoms with van der Waals surface area (Å²) in [5, 5.41) is 3.47. The third-order valence-electron chi connectivity index (χ3n) is 4.68. The largest absolute Gasteiger partial charge is 0.432 e. The van der Waals surface area contributed by atoms with Crippen molar-refractivity contribution in [1.29, 1.82) is 0 Å². The van der Waals surface area contributed by atoms with Gasteiger partial charge in [-0.2, -0.15) is 4.98 Å². The van der Waals surface area contributed by atoms with Gasteiger partial charge >= 0.3 is 0 Å². The average Bonchev–Trinajstić information content (AvgIpc) is 3.03. The van der Waals surface area contributed by atoms with Crippen molar-refractivity contribution in [2.24, 2.45) is 0 Å². The minimum Gasteiger partial charge on any atom is -0.432 e. The zero-order chi connectivity index (χ0) is 14.1. The van der Waals surface area contributed by atoms with Crippen molar-refractivity contribution in [3.8, 4) is 0 Å². The third-order valence-corrected chi connectivity index (χ3v) is 4.68. The van der Waals surface area contributed by atoms with Crippen LogP contribution in [-0.2, 0) is 11.3 Å². The van der Waals surface area contributed by atoms with E-state index in [0.717, 1.165) is 57.6 Å². The maximum absolute atomic E-state index is 5.67. The number of aromatic nitrogens is 1. The Morgan fingerprint density at radius 1 is 1.19 bits per heavy atom. The molecule has 1 N–H and O–H groups in total. The lowest BCUT2D eigenvalue weighted by Gasteiger charge is -2.31. The molecule has 1 aromatic heterocycles. The zero-order valence-electron chi connectivity index (χ0n) is 12.5. The molecule has 1 aliphatic carbocycles. The van der Waals surface area contributed by atoms with Crippen molar-refractivity contribution in [3.05, 3.63) is 12.0 Å². The third kappa shape index (κ3) is 3.22. The highest BCUT2D eigenvalue weighted by Gasteiger charge is 2.30. The fourth-order valence-electron chi connectivity index (χ4n) is 3.22. The molecular formula is C15H24N4O2. The summed E-state index contributed by atoms with van der Waals surface area (Å²) in [6.45, 7) is 6.74. The molecule has 1 aromatic rings. The second-order valence-corrected chi connectivity index (χ2v) is 6.31. The van der Waals surface area contributed by atoms with Gasteiger partial charge in [-0.3, -0.25) is 4.90 Å². The minimum absolute atomic E-state index is 0.619. The summed E-state index contributed by atoms with van der Waals surface area (Å²) >= 11 is 0. The van der Waals surface area contributed by atoms with Crippen LogP contribution < -0.4 is 10.2 Å². The lowest BCUT2D eigenvalue weighted by atomic mass is 10.2. The minimum atomic E-state index is 0.619. The van der Waals surface area contributed by atoms with Crippen molar-refractivity contribution in [2.45, 2.75) is 37.9 Å². The second-order valence-electron chi connectivity index (χ2n) is 6.31. The van der Waals surface area contributed by atoms with Crippen LogP contribution in [0.2, 0.25) is 0 Å². The molecule has 6 nitrogen and oxygen atoms in total. The topological polar surface area (TPSA) is 53.8 Å². The molecule has 6 heteroatoms. The summed E-state index contributed by atoms with van der Waals surface area (Å²) < 4.78 is 11.1. The van der Waals surface area contributed by atoms with Gasteiger partial charge in [0.1, 0.15) is 6.26 Å². The smallest absolute Gasteiger partial charge is 0.297 e. The van der Waals surface area contributed by atoms with Gasteiger partial charge in [-0.05, 0) is 19.3 Å². The Labute approximate surface area is 125 Å². The maximum atomic E-state index is 5.67. The molecule has 2 aliphatic heterocycles. The summed E-state index contributed by atoms with van der Waals surface area (Å²) in [5.74, 6) is 0. The van der Waals surface area contributed by atoms with Crippen molar-refractivity contribution in [1.82, 2.24) is 15.2 Å². The molecule has 0 spiro atoms. The summed E-state index contributed by atoms with van der Waals surface area (Å²) in [4.78, 5) is 9.45. The fraction of sp³-hybridized carbons (Fsp3) is 0.800. The molecule has 21 heavy (non-hydrogen) atoms. The molecule has 0 amide bonds. The van der Waals surface area contributed by atoms with Gasteiger partial charge in [-0.25, -0.2) is 0 Å². The number of nitrogens with one attached hydrogen (secondary N) is 1. The molecule has 3 heterocycles. The molecule has 0 radical (unpaired) electrons. The Morgan fingerprint density at radius 2 is 2.05 bits per heavy atom. The van der Waals surface area contributed by atoms with Crippen LogP contribution in [-0.4, -0.2) is 61.4 Å². The highest BCUT2D eigenvalue weighted by Crippen LogP contribution is 2.24. The van der Waals surface area contributed by atoms with E-state index in [4.69, 9.17) is 9.15 Å². The number of hydrogen-bond acceptors (Lipinski definition) is 6. The normalized spacial score (nSPS) is 27.4. The number of oxazole rings is 1. The molecule has 0 bridgehead atoms. The van der Waals surface area contributed by atoms with Crippen LogP contribution in [0.3, 0.4) is 0 Å². The quantitative estimate of drug-likeness (QED) is 0.868. The van der Waals surface area contributed by atoms with Crippen LogP contribution in [0.4, 0.5) is 6.01 Å². The van der Waals surface area contributed by atoms with E-state index in [9.17, 15) is 0 Å². The molecule has 2 saturated heterocycles. The highest BCUT2D eigenvalue weighted by atomic mass is 16.5. The van der Waals surface area contributed by atoms with Crippen molar-refractivity contribution in [3.63, 3.8) is 0 Å². The SMILES string of the molecule is c1oc(N2CCC(N3CCOCC3)C2)nc1CNC1CC1. The van der Waals surface area contributed by atoms with Crippen molar-refractivity contribution < 1.29 is 9.15 Å². The molecule has 116 valence electrons. The van der Waals surface area contributed by atoms with Crippen LogP contribution in [0.1, 0.15) is 25.0 Å². The molecule has 0 aromatic carbocycles. The number of rotatable bonds is 5. The van der Waals surface area contributed by atoms with Crippen LogP contribution in [0.25, 0.3) is 0 Å². The van der Waals surface area contributed by atoms with Gasteiger partial charge in [0, 0.05) is 44.8 Å². The van der Waals surface area contributed by atoms with Crippen LogP contribution in [0.15, 0.2) is 10.7 Å². The standard InChI is InChI=1S/C15H24N4O2/c1-2-12(1)16-9-13-11-21-15(17-13)19-4-3-14(10-19)18-5-7-20-8-6-18/h11-12,14,16H,1-10H2. The van der Waals surface area contributed by atoms with Gasteiger partial charge in [0.15, 0.2) is 0 Å². The lowest BCUT2D eigenvalue weighted by Crippen LogP contribution is -2.44. The first kappa shape index (κ1) is 13.5. The Morgan fingerprint density at radius 3 is 2.86 bits per heavy atom. The first-order valence-corrected chi connectivity index (χ1v) is 8.13. The van der Waals surface area contributed by atoms with Gasteiger partial charge in [-0.15, -0.1) is 0 Å². The number of nitrogens with zero attached hydrogens (tertiary/aromatic N) is 3. The monoisotopic (exact) mass is 292 g/mol. The lowest BCUT2D eigenvalue weighted by molar-refractivity contribution is 0.0209. The van der Waals surface area contributed by atoms with Gasteiger partial charge in [0.2, 0.25) is 0 Å². The van der Waals surface area contributed by atoms with E-state index >= 15 is 0 Å². The Kier molecular flexibility index (Phi) is 3.83. The molecular weight excluding hydrogens is 268 g/mol. The van der Waals surface area contributed by atoms with Crippen molar-refractivity contribution >= 4 is 6.01 Å². The first-order valence-electron chi connectivity index (χ1n) is 8.13. The number of anilines is 1. The van der Waals surface area contributed by atoms with E-state index in [-0.39, 0.29) is 0 Å². The van der Waals surface area contributed by atoms with Gasteiger partial charge in [0.05, 0.1) is 18.9 Å². The number of hydrogen-bond donors (Lipinski definition) is 1. The molecule has 1 unspecified atom stereocenters. The molecule has 3 aliphatic rings. The van der Waals surface area contributed by atoms with Crippen LogP contribution in [0, 0.1) is 0 Å². The predicted octanol–water partition coefficient (Wildman–Crippen LogP) is 0.837. The van der Waals surface area contributed by atoms with E-state index in [0.29, 0.717) is 12.1 Å². The van der Waals surface area contributed by atoms with Crippen LogP contribution >= 0.6 is 0 Å². The van der Waals surface area contributed by atoms with E-state index in [2.05, 4.69) is 20.1 Å². The maximum Gasteiger partial charge on any atom is 0.297 e. The summed E-state index contributed by atoms with van der Waals surface area (Å²) in [6.07, 6.45) is 5.60. The van der Waals surface area contributed by atoms with E-state index in [1.807, 2.05) is 0 Å². The number of ether oxygens (including phenoxy) is 1. The highest BCUT2D eigenvalue weighted by molar-refractivity contribution is 5.29. The van der Waals surface area contributed by atoms with Crippen molar-refractivity contribution in [2.75, 3.05) is 44.3 Å². The molecule has 4 rings (SSSR count). The Hall–Kier alpha value is -1.11. The zero-order valence-corrected chi connectivity index (χ0v) is 12.5. The summed E-state index contributed by atoms with van der Waals surface area (Å²) in [7, 11) is 0. The number of morpholine rings is 1. The molecule has 1 saturated carbocycles. The average molecular weight is 292 g/mol. The first-order chi connectivity index (χ1) is 10.4. The molecule has 1 atom stereocenters. The van der Waals surface area contributed by atoms with E-state index in [1.165, 1.54) is 19.3 Å². The van der Waals surface area contributed by atoms with Gasteiger partial charge in [-0.1, -0.05) is 0 Å². The fourth-order valence-corrected chi connectivity index (χ4v) is 3.22. The Bertz CT molecular complexity index is 468. The summed E-state index contributed by atoms with van der Waals surface area (Å²) in [6, 6.07) is 2.12. The van der Waals surface area contributed by atoms with Crippen LogP contribution in [0.5, 0.6) is 0 Å². The van der Waals surface area contributed by atoms with Gasteiger partial charge in [0.25, 0.3) is 6.01 Å². The molecule has 3 fully saturated rings. The Balaban J connectivity index is 1.31. The van der Waals surface area contributed by atoms with E-state index in [1.54, 1.807) is 6.26 Å². The second kappa shape index (κ2) is 5.94. The van der Waals surface area contributed by atoms with Gasteiger partial charge < -0.3 is 19.4 Å². The van der Waals surface area contributed by atoms with E-state index < -0.39 is 0 Å². The summed E-state index contributed by atoms with van der Waals surface area (Å²) in [5.41, 5.74) is 1.02. The predicted molar refractivity (Wildman–Crippen MR) is 79.4 cm³/mol.